The third kappa shape index (κ3) is 1.74. The summed E-state index contributed by atoms with van der Waals surface area (Å²) in [6.07, 6.45) is 1.25. The summed E-state index contributed by atoms with van der Waals surface area (Å²) < 4.78 is 26.1. The Bertz CT molecular complexity index is 328. The number of halogens is 2. The number of rotatable bonds is 1. The molecule has 3 nitrogen and oxygen atoms in total. The lowest BCUT2D eigenvalue weighted by molar-refractivity contribution is 0.454. The van der Waals surface area contributed by atoms with Gasteiger partial charge in [-0.05, 0) is 15.9 Å². The Morgan fingerprint density at radius 3 is 2.40 bits per heavy atom. The summed E-state index contributed by atoms with van der Waals surface area (Å²) in [6, 6.07) is 1.28. The van der Waals surface area contributed by atoms with Crippen molar-refractivity contribution in [2.75, 3.05) is 0 Å². The molecule has 0 spiro atoms. The molecule has 1 heterocycles. The summed E-state index contributed by atoms with van der Waals surface area (Å²) in [5, 5.41) is -0.249. The van der Waals surface area contributed by atoms with E-state index in [1.54, 1.807) is 0 Å². The van der Waals surface area contributed by atoms with Gasteiger partial charge in [0.1, 0.15) is 6.26 Å². The molecule has 10 heavy (non-hydrogen) atoms. The van der Waals surface area contributed by atoms with Crippen LogP contribution in [0.15, 0.2) is 26.3 Å². The zero-order valence-electron chi connectivity index (χ0n) is 4.54. The predicted molar refractivity (Wildman–Crippen MR) is 39.4 cm³/mol. The summed E-state index contributed by atoms with van der Waals surface area (Å²) in [6.45, 7) is 0. The third-order valence-electron chi connectivity index (χ3n) is 0.784. The van der Waals surface area contributed by atoms with E-state index in [0.29, 0.717) is 4.47 Å². The average Bonchev–Trinajstić information content (AvgIpc) is 2.11. The van der Waals surface area contributed by atoms with E-state index < -0.39 is 9.05 Å². The molecule has 0 aliphatic heterocycles. The van der Waals surface area contributed by atoms with Gasteiger partial charge in [0.15, 0.2) is 0 Å². The highest BCUT2D eigenvalue weighted by atomic mass is 79.9. The van der Waals surface area contributed by atoms with Crippen LogP contribution in [0.4, 0.5) is 0 Å². The molecule has 6 heteroatoms. The molecule has 0 fully saturated rings. The molecule has 0 amide bonds. The van der Waals surface area contributed by atoms with E-state index >= 15 is 0 Å². The second kappa shape index (κ2) is 2.56. The summed E-state index contributed by atoms with van der Waals surface area (Å²) in [4.78, 5) is 0. The molecule has 0 saturated carbocycles. The normalized spacial score (nSPS) is 11.8. The fourth-order valence-corrected chi connectivity index (χ4v) is 1.55. The van der Waals surface area contributed by atoms with Crippen LogP contribution < -0.4 is 0 Å². The highest BCUT2D eigenvalue weighted by molar-refractivity contribution is 9.10. The SMILES string of the molecule is O=S(=O)(Cl)c1cc(Br)co1. The fourth-order valence-electron chi connectivity index (χ4n) is 0.423. The van der Waals surface area contributed by atoms with Crippen LogP contribution in [-0.2, 0) is 9.05 Å². The molecular formula is C4H2BrClO3S. The molecule has 1 rings (SSSR count). The highest BCUT2D eigenvalue weighted by Gasteiger charge is 2.13. The van der Waals surface area contributed by atoms with Gasteiger partial charge in [0.2, 0.25) is 5.09 Å². The van der Waals surface area contributed by atoms with Crippen LogP contribution >= 0.6 is 26.6 Å². The van der Waals surface area contributed by atoms with Crippen LogP contribution in [0.2, 0.25) is 0 Å². The first kappa shape index (κ1) is 8.10. The van der Waals surface area contributed by atoms with E-state index in [9.17, 15) is 8.42 Å². The van der Waals surface area contributed by atoms with Crippen molar-refractivity contribution in [3.05, 3.63) is 16.8 Å². The topological polar surface area (TPSA) is 47.3 Å². The Kier molecular flexibility index (Phi) is 2.07. The monoisotopic (exact) mass is 244 g/mol. The van der Waals surface area contributed by atoms with Gasteiger partial charge in [-0.3, -0.25) is 0 Å². The summed E-state index contributed by atoms with van der Waals surface area (Å²) >= 11 is 3.01. The molecule has 0 aliphatic rings. The molecule has 1 aromatic rings. The van der Waals surface area contributed by atoms with Crippen LogP contribution in [0.1, 0.15) is 0 Å². The quantitative estimate of drug-likeness (QED) is 0.711. The smallest absolute Gasteiger partial charge is 0.294 e. The first-order valence-electron chi connectivity index (χ1n) is 2.19. The molecule has 0 aromatic carbocycles. The van der Waals surface area contributed by atoms with Gasteiger partial charge in [-0.1, -0.05) is 0 Å². The third-order valence-corrected chi connectivity index (χ3v) is 2.35. The summed E-state index contributed by atoms with van der Waals surface area (Å²) in [7, 11) is 1.22. The van der Waals surface area contributed by atoms with E-state index in [-0.39, 0.29) is 5.09 Å². The zero-order valence-corrected chi connectivity index (χ0v) is 7.70. The van der Waals surface area contributed by atoms with Crippen molar-refractivity contribution in [1.82, 2.24) is 0 Å². The minimum atomic E-state index is -3.71. The first-order chi connectivity index (χ1) is 4.50. The lowest BCUT2D eigenvalue weighted by Crippen LogP contribution is -1.84. The van der Waals surface area contributed by atoms with Gasteiger partial charge < -0.3 is 4.42 Å². The molecular weight excluding hydrogens is 243 g/mol. The van der Waals surface area contributed by atoms with Crippen molar-refractivity contribution in [1.29, 1.82) is 0 Å². The minimum absolute atomic E-state index is 0.249. The van der Waals surface area contributed by atoms with E-state index in [1.807, 2.05) is 0 Å². The number of hydrogen-bond acceptors (Lipinski definition) is 3. The Morgan fingerprint density at radius 2 is 2.20 bits per heavy atom. The van der Waals surface area contributed by atoms with Gasteiger partial charge in [-0.2, -0.15) is 0 Å². The fraction of sp³-hybridized carbons (Fsp3) is 0. The van der Waals surface area contributed by atoms with E-state index in [2.05, 4.69) is 20.3 Å². The van der Waals surface area contributed by atoms with E-state index in [0.717, 1.165) is 0 Å². The van der Waals surface area contributed by atoms with Crippen molar-refractivity contribution in [3.8, 4) is 0 Å². The molecule has 0 radical (unpaired) electrons. The standard InChI is InChI=1S/C4H2BrClO3S/c5-3-1-4(9-2-3)10(6,7)8/h1-2H. The Balaban J connectivity index is 3.21. The van der Waals surface area contributed by atoms with Crippen molar-refractivity contribution < 1.29 is 12.8 Å². The van der Waals surface area contributed by atoms with Crippen molar-refractivity contribution in [2.45, 2.75) is 5.09 Å². The lowest BCUT2D eigenvalue weighted by atomic mass is 10.7. The van der Waals surface area contributed by atoms with Gasteiger partial charge in [0, 0.05) is 16.7 Å². The molecule has 0 N–H and O–H groups in total. The molecule has 0 unspecified atom stereocenters. The number of hydrogen-bond donors (Lipinski definition) is 0. The summed E-state index contributed by atoms with van der Waals surface area (Å²) in [5.41, 5.74) is 0. The van der Waals surface area contributed by atoms with Crippen molar-refractivity contribution in [2.24, 2.45) is 0 Å². The average molecular weight is 245 g/mol. The van der Waals surface area contributed by atoms with Gasteiger partial charge in [0.25, 0.3) is 9.05 Å². The second-order valence-electron chi connectivity index (χ2n) is 1.52. The second-order valence-corrected chi connectivity index (χ2v) is 4.93. The Morgan fingerprint density at radius 1 is 1.60 bits per heavy atom. The minimum Gasteiger partial charge on any atom is -0.451 e. The molecule has 0 aliphatic carbocycles. The van der Waals surface area contributed by atoms with E-state index in [1.165, 1.54) is 12.3 Å². The van der Waals surface area contributed by atoms with Crippen LogP contribution in [0.5, 0.6) is 0 Å². The van der Waals surface area contributed by atoms with Gasteiger partial charge >= 0.3 is 0 Å². The first-order valence-corrected chi connectivity index (χ1v) is 5.29. The molecule has 0 atom stereocenters. The van der Waals surface area contributed by atoms with Gasteiger partial charge in [-0.15, -0.1) is 0 Å². The van der Waals surface area contributed by atoms with Crippen LogP contribution in [0.3, 0.4) is 0 Å². The van der Waals surface area contributed by atoms with Crippen LogP contribution in [-0.4, -0.2) is 8.42 Å². The maximum absolute atomic E-state index is 10.5. The van der Waals surface area contributed by atoms with Crippen molar-refractivity contribution in [3.63, 3.8) is 0 Å². The maximum atomic E-state index is 10.5. The zero-order chi connectivity index (χ0) is 7.78. The number of furan rings is 1. The van der Waals surface area contributed by atoms with E-state index in [4.69, 9.17) is 10.7 Å². The van der Waals surface area contributed by atoms with Crippen LogP contribution in [0.25, 0.3) is 0 Å². The maximum Gasteiger partial charge on any atom is 0.294 e. The molecule has 56 valence electrons. The summed E-state index contributed by atoms with van der Waals surface area (Å²) in [5.74, 6) is 0. The highest BCUT2D eigenvalue weighted by Crippen LogP contribution is 2.21. The van der Waals surface area contributed by atoms with Gasteiger partial charge in [0.05, 0.1) is 4.47 Å². The lowest BCUT2D eigenvalue weighted by Gasteiger charge is -1.83. The molecule has 1 aromatic heterocycles. The largest absolute Gasteiger partial charge is 0.451 e. The molecule has 0 bridgehead atoms. The Labute approximate surface area is 70.5 Å². The Hall–Kier alpha value is -0.000000000000000111. The van der Waals surface area contributed by atoms with Crippen LogP contribution in [0, 0.1) is 0 Å². The predicted octanol–water partition coefficient (Wildman–Crippen LogP) is 1.97. The molecule has 0 saturated heterocycles. The van der Waals surface area contributed by atoms with Crippen molar-refractivity contribution >= 4 is 35.7 Å². The van der Waals surface area contributed by atoms with Gasteiger partial charge in [-0.25, -0.2) is 8.42 Å².